The van der Waals surface area contributed by atoms with Crippen LogP contribution in [0, 0.1) is 5.92 Å². The van der Waals surface area contributed by atoms with Crippen molar-refractivity contribution in [2.75, 3.05) is 70.1 Å². The SMILES string of the molecule is CC.CCOc1c(OC)cc(Cc2cnc(N)nc2NC(=O)OCc2cc(=O)oc3cc(N(CC)CC)ccc23)cc1OC.COCC(C)CNC=O. The molecule has 0 aliphatic heterocycles. The number of benzene rings is 2. The highest BCUT2D eigenvalue weighted by molar-refractivity contribution is 5.86. The molecule has 0 saturated carbocycles. The molecule has 4 N–H and O–H groups in total. The number of carbonyl (C=O) groups excluding carboxylic acids is 2. The molecule has 290 valence electrons. The highest BCUT2D eigenvalue weighted by Crippen LogP contribution is 2.39. The number of anilines is 3. The second-order valence-electron chi connectivity index (χ2n) is 11.3. The molecule has 2 amide bonds. The van der Waals surface area contributed by atoms with Gasteiger partial charge in [-0.2, -0.15) is 4.98 Å². The van der Waals surface area contributed by atoms with E-state index >= 15 is 0 Å². The summed E-state index contributed by atoms with van der Waals surface area (Å²) in [7, 11) is 4.73. The van der Waals surface area contributed by atoms with E-state index < -0.39 is 11.7 Å². The van der Waals surface area contributed by atoms with Gasteiger partial charge in [0.15, 0.2) is 11.5 Å². The predicted molar refractivity (Wildman–Crippen MR) is 206 cm³/mol. The molecule has 2 aromatic carbocycles. The van der Waals surface area contributed by atoms with Crippen LogP contribution in [0.3, 0.4) is 0 Å². The second kappa shape index (κ2) is 23.1. The zero-order chi connectivity index (χ0) is 39.3. The molecule has 0 spiro atoms. The molecular formula is C38H54N6O9. The van der Waals surface area contributed by atoms with Crippen molar-refractivity contribution in [2.24, 2.45) is 5.92 Å². The summed E-state index contributed by atoms with van der Waals surface area (Å²) < 4.78 is 32.4. The summed E-state index contributed by atoms with van der Waals surface area (Å²) in [5, 5.41) is 5.89. The molecule has 1 atom stereocenters. The maximum Gasteiger partial charge on any atom is 0.413 e. The highest BCUT2D eigenvalue weighted by Gasteiger charge is 2.18. The maximum atomic E-state index is 12.9. The first-order valence-corrected chi connectivity index (χ1v) is 17.5. The van der Waals surface area contributed by atoms with E-state index in [2.05, 4.69) is 39.3 Å². The molecule has 15 heteroatoms. The van der Waals surface area contributed by atoms with Crippen molar-refractivity contribution >= 4 is 40.9 Å². The van der Waals surface area contributed by atoms with Crippen LogP contribution in [0.2, 0.25) is 0 Å². The number of hydrogen-bond acceptors (Lipinski definition) is 13. The number of amides is 2. The minimum Gasteiger partial charge on any atom is -0.493 e. The fourth-order valence-electron chi connectivity index (χ4n) is 5.19. The van der Waals surface area contributed by atoms with Gasteiger partial charge in [-0.3, -0.25) is 10.1 Å². The van der Waals surface area contributed by atoms with Gasteiger partial charge in [0.25, 0.3) is 0 Å². The average molecular weight is 739 g/mol. The quantitative estimate of drug-likeness (QED) is 0.0870. The van der Waals surface area contributed by atoms with Gasteiger partial charge in [-0.25, -0.2) is 14.6 Å². The van der Waals surface area contributed by atoms with Crippen LogP contribution < -0.4 is 41.1 Å². The number of fused-ring (bicyclic) bond motifs is 1. The fourth-order valence-corrected chi connectivity index (χ4v) is 5.19. The van der Waals surface area contributed by atoms with E-state index in [-0.39, 0.29) is 18.4 Å². The Bertz CT molecular complexity index is 1770. The van der Waals surface area contributed by atoms with Gasteiger partial charge in [-0.05, 0) is 56.5 Å². The van der Waals surface area contributed by atoms with Crippen LogP contribution in [0.4, 0.5) is 22.2 Å². The number of carbonyl (C=O) groups is 2. The Kier molecular flexibility index (Phi) is 19.0. The van der Waals surface area contributed by atoms with Crippen LogP contribution in [0.5, 0.6) is 17.2 Å². The number of hydrogen-bond donors (Lipinski definition) is 3. The van der Waals surface area contributed by atoms with E-state index in [9.17, 15) is 14.4 Å². The summed E-state index contributed by atoms with van der Waals surface area (Å²) in [6.45, 7) is 15.3. The summed E-state index contributed by atoms with van der Waals surface area (Å²) in [6.07, 6.45) is 1.76. The number of ether oxygens (including phenoxy) is 5. The molecule has 4 aromatic rings. The van der Waals surface area contributed by atoms with Crippen LogP contribution in [-0.4, -0.2) is 76.6 Å². The first kappa shape index (κ1) is 43.6. The summed E-state index contributed by atoms with van der Waals surface area (Å²) in [4.78, 5) is 45.3. The lowest BCUT2D eigenvalue weighted by atomic mass is 10.1. The Labute approximate surface area is 311 Å². The summed E-state index contributed by atoms with van der Waals surface area (Å²) in [5.41, 5.74) is 8.51. The van der Waals surface area contributed by atoms with Crippen LogP contribution in [0.25, 0.3) is 11.0 Å². The van der Waals surface area contributed by atoms with Crippen molar-refractivity contribution in [3.8, 4) is 17.2 Å². The minimum absolute atomic E-state index is 0.0217. The monoisotopic (exact) mass is 738 g/mol. The number of aromatic nitrogens is 2. The van der Waals surface area contributed by atoms with Crippen molar-refractivity contribution in [1.82, 2.24) is 15.3 Å². The van der Waals surface area contributed by atoms with Gasteiger partial charge < -0.3 is 44.1 Å². The van der Waals surface area contributed by atoms with Gasteiger partial charge in [-0.15, -0.1) is 0 Å². The van der Waals surface area contributed by atoms with E-state index in [4.69, 9.17) is 33.8 Å². The zero-order valence-corrected chi connectivity index (χ0v) is 32.2. The van der Waals surface area contributed by atoms with Crippen molar-refractivity contribution in [3.63, 3.8) is 0 Å². The lowest BCUT2D eigenvalue weighted by molar-refractivity contribution is -0.109. The summed E-state index contributed by atoms with van der Waals surface area (Å²) >= 11 is 0. The van der Waals surface area contributed by atoms with Gasteiger partial charge in [-0.1, -0.05) is 20.8 Å². The van der Waals surface area contributed by atoms with Gasteiger partial charge >= 0.3 is 11.7 Å². The topological polar surface area (TPSA) is 190 Å². The lowest BCUT2D eigenvalue weighted by Crippen LogP contribution is -2.22. The highest BCUT2D eigenvalue weighted by atomic mass is 16.5. The van der Waals surface area contributed by atoms with Crippen LogP contribution >= 0.6 is 0 Å². The number of nitrogens with one attached hydrogen (secondary N) is 2. The summed E-state index contributed by atoms with van der Waals surface area (Å²) in [6, 6.07) is 10.5. The van der Waals surface area contributed by atoms with Crippen LogP contribution in [0.1, 0.15) is 58.2 Å². The first-order chi connectivity index (χ1) is 25.6. The Morgan fingerprint density at radius 1 is 1.02 bits per heavy atom. The van der Waals surface area contributed by atoms with Crippen molar-refractivity contribution in [2.45, 2.75) is 54.6 Å². The normalized spacial score (nSPS) is 10.8. The molecule has 0 radical (unpaired) electrons. The van der Waals surface area contributed by atoms with Gasteiger partial charge in [0.05, 0.1) is 27.4 Å². The van der Waals surface area contributed by atoms with Gasteiger partial charge in [0.2, 0.25) is 18.1 Å². The largest absolute Gasteiger partial charge is 0.493 e. The molecular weight excluding hydrogens is 684 g/mol. The second-order valence-corrected chi connectivity index (χ2v) is 11.3. The van der Waals surface area contributed by atoms with E-state index in [0.29, 0.717) is 77.9 Å². The average Bonchev–Trinajstić information content (AvgIpc) is 3.16. The lowest BCUT2D eigenvalue weighted by Gasteiger charge is -2.21. The van der Waals surface area contributed by atoms with Crippen molar-refractivity contribution in [3.05, 3.63) is 69.7 Å². The Balaban J connectivity index is 0.000000773. The van der Waals surface area contributed by atoms with E-state index in [1.807, 2.05) is 58.0 Å². The molecule has 0 aliphatic rings. The smallest absolute Gasteiger partial charge is 0.413 e. The number of methoxy groups -OCH3 is 3. The van der Waals surface area contributed by atoms with E-state index in [1.165, 1.54) is 12.3 Å². The maximum absolute atomic E-state index is 12.9. The Hall–Kier alpha value is -5.57. The van der Waals surface area contributed by atoms with Gasteiger partial charge in [0, 0.05) is 73.7 Å². The first-order valence-electron chi connectivity index (χ1n) is 17.5. The number of nitrogens with zero attached hydrogens (tertiary/aromatic N) is 3. The number of nitrogens with two attached hydrogens (primary N) is 1. The Morgan fingerprint density at radius 3 is 2.28 bits per heavy atom. The zero-order valence-electron chi connectivity index (χ0n) is 32.2. The molecule has 0 fully saturated rings. The molecule has 0 aliphatic carbocycles. The molecule has 2 heterocycles. The molecule has 53 heavy (non-hydrogen) atoms. The van der Waals surface area contributed by atoms with Crippen LogP contribution in [0.15, 0.2) is 51.8 Å². The molecule has 0 bridgehead atoms. The van der Waals surface area contributed by atoms with Crippen molar-refractivity contribution in [1.29, 1.82) is 0 Å². The predicted octanol–water partition coefficient (Wildman–Crippen LogP) is 5.81. The van der Waals surface area contributed by atoms with Crippen LogP contribution in [-0.2, 0) is 27.3 Å². The third-order valence-corrected chi connectivity index (χ3v) is 7.61. The molecule has 1 unspecified atom stereocenters. The summed E-state index contributed by atoms with van der Waals surface area (Å²) in [5.74, 6) is 2.06. The molecule has 4 rings (SSSR count). The number of rotatable bonds is 17. The third kappa shape index (κ3) is 13.2. The van der Waals surface area contributed by atoms with Crippen molar-refractivity contribution < 1.29 is 37.7 Å². The minimum atomic E-state index is -0.780. The molecule has 0 saturated heterocycles. The molecule has 2 aromatic heterocycles. The Morgan fingerprint density at radius 2 is 1.70 bits per heavy atom. The molecule has 15 nitrogen and oxygen atoms in total. The van der Waals surface area contributed by atoms with Gasteiger partial charge in [0.1, 0.15) is 18.0 Å². The van der Waals surface area contributed by atoms with E-state index in [0.717, 1.165) is 24.3 Å². The third-order valence-electron chi connectivity index (χ3n) is 7.61. The fraction of sp³-hybridized carbons (Fsp3) is 0.447. The number of nitrogen functional groups attached to an aromatic ring is 1. The van der Waals surface area contributed by atoms with E-state index in [1.54, 1.807) is 21.3 Å². The standard InChI is InChI=1S/C30H35N5O7.C6H13NO2.C2H6/c1-6-35(7-2)21-9-10-22-20(14-26(36)42-23(22)15-21)17-41-30(37)34-28-19(16-32-29(31)33-28)11-18-12-24(38-4)27(40-8-3)25(13-18)39-5;1-6(4-9-2)3-7-5-8;1-2/h9-10,12-16H,6-8,11,17H2,1-5H3,(H3,31,32,33,34,37);5-6H,3-4H2,1-2H3,(H,7,8);1-2H3.